The van der Waals surface area contributed by atoms with Crippen molar-refractivity contribution in [2.24, 2.45) is 0 Å². The van der Waals surface area contributed by atoms with Crippen LogP contribution in [0, 0.1) is 0 Å². The summed E-state index contributed by atoms with van der Waals surface area (Å²) in [5.74, 6) is -0.576. The van der Waals surface area contributed by atoms with Crippen LogP contribution < -0.4 is 0 Å². The van der Waals surface area contributed by atoms with Gasteiger partial charge in [0, 0.05) is 19.5 Å². The quantitative estimate of drug-likeness (QED) is 0.428. The second-order valence-electron chi connectivity index (χ2n) is 1.01. The van der Waals surface area contributed by atoms with Gasteiger partial charge in [0.15, 0.2) is 0 Å². The molecule has 4 nitrogen and oxygen atoms in total. The topological polar surface area (TPSA) is 74.6 Å². The molecule has 0 aliphatic heterocycles. The van der Waals surface area contributed by atoms with E-state index in [1.807, 2.05) is 0 Å². The molecule has 6 heteroatoms. The van der Waals surface area contributed by atoms with Crippen molar-refractivity contribution in [1.82, 2.24) is 0 Å². The Bertz CT molecular complexity index is 127. The molecule has 0 spiro atoms. The maximum atomic E-state index is 9.63. The molecule has 8 heavy (non-hydrogen) atoms. The van der Waals surface area contributed by atoms with Gasteiger partial charge in [0.05, 0.1) is 12.4 Å². The zero-order valence-electron chi connectivity index (χ0n) is 4.24. The second-order valence-corrected chi connectivity index (χ2v) is 2.58. The van der Waals surface area contributed by atoms with E-state index in [1.54, 1.807) is 0 Å². The molecular formula is C2H6O4SZn. The summed E-state index contributed by atoms with van der Waals surface area (Å²) >= 11 is 0. The largest absolute Gasteiger partial charge is 0.395 e. The van der Waals surface area contributed by atoms with E-state index < -0.39 is 22.5 Å². The van der Waals surface area contributed by atoms with E-state index in [9.17, 15) is 8.42 Å². The first kappa shape index (κ1) is 11.3. The Kier molecular flexibility index (Phi) is 6.19. The molecule has 46 valence electrons. The van der Waals surface area contributed by atoms with Crippen molar-refractivity contribution in [3.05, 3.63) is 0 Å². The number of hydrogen-bond donors (Lipinski definition) is 2. The Labute approximate surface area is 60.4 Å². The molecule has 0 saturated heterocycles. The maximum absolute atomic E-state index is 9.63. The molecule has 0 bridgehead atoms. The van der Waals surface area contributed by atoms with E-state index in [1.165, 1.54) is 0 Å². The summed E-state index contributed by atoms with van der Waals surface area (Å²) in [7, 11) is -3.92. The molecule has 0 unspecified atom stereocenters. The third-order valence-corrected chi connectivity index (χ3v) is 1.05. The van der Waals surface area contributed by atoms with Crippen LogP contribution >= 0.6 is 0 Å². The molecule has 0 rings (SSSR count). The van der Waals surface area contributed by atoms with Crippen LogP contribution in [0.25, 0.3) is 0 Å². The first-order valence-electron chi connectivity index (χ1n) is 1.62. The molecule has 0 radical (unpaired) electrons. The van der Waals surface area contributed by atoms with E-state index in [-0.39, 0.29) is 19.5 Å². The van der Waals surface area contributed by atoms with Crippen LogP contribution in [-0.4, -0.2) is 30.4 Å². The molecule has 0 aromatic heterocycles. The third kappa shape index (κ3) is 9.71. The summed E-state index contributed by atoms with van der Waals surface area (Å²) in [5, 5.41) is 7.86. The molecule has 0 fully saturated rings. The number of aliphatic hydroxyl groups is 1. The fourth-order valence-electron chi connectivity index (χ4n) is 0.115. The van der Waals surface area contributed by atoms with Crippen molar-refractivity contribution in [2.75, 3.05) is 12.4 Å². The van der Waals surface area contributed by atoms with Gasteiger partial charge in [-0.15, -0.1) is 0 Å². The van der Waals surface area contributed by atoms with Gasteiger partial charge >= 0.3 is 0 Å². The Hall–Kier alpha value is 0.493. The minimum absolute atomic E-state index is 0. The fourth-order valence-corrected chi connectivity index (χ4v) is 0.346. The van der Waals surface area contributed by atoms with E-state index in [0.717, 1.165) is 0 Å². The van der Waals surface area contributed by atoms with Crippen LogP contribution in [0.2, 0.25) is 0 Å². The van der Waals surface area contributed by atoms with Crippen molar-refractivity contribution in [3.63, 3.8) is 0 Å². The third-order valence-electron chi connectivity index (χ3n) is 0.349. The standard InChI is InChI=1S/C2H6O4S.Zn/c3-1-2-7(4,5)6;/h3H,1-2H2,(H,4,5,6);. The molecule has 0 aliphatic carbocycles. The average Bonchev–Trinajstić information content (AvgIpc) is 1.30. The van der Waals surface area contributed by atoms with E-state index >= 15 is 0 Å². The van der Waals surface area contributed by atoms with Crippen LogP contribution in [0.1, 0.15) is 0 Å². The summed E-state index contributed by atoms with van der Waals surface area (Å²) in [5.41, 5.74) is 0. The molecule has 0 aromatic carbocycles. The summed E-state index contributed by atoms with van der Waals surface area (Å²) in [6.07, 6.45) is 0. The van der Waals surface area contributed by atoms with Gasteiger partial charge in [0.2, 0.25) is 0 Å². The van der Waals surface area contributed by atoms with Gasteiger partial charge in [-0.3, -0.25) is 4.55 Å². The van der Waals surface area contributed by atoms with Gasteiger partial charge in [0.1, 0.15) is 0 Å². The zero-order valence-corrected chi connectivity index (χ0v) is 8.02. The van der Waals surface area contributed by atoms with Gasteiger partial charge in [-0.05, 0) is 0 Å². The molecule has 2 N–H and O–H groups in total. The first-order chi connectivity index (χ1) is 3.06. The van der Waals surface area contributed by atoms with Crippen LogP contribution in [0.5, 0.6) is 0 Å². The van der Waals surface area contributed by atoms with E-state index in [0.29, 0.717) is 0 Å². The Morgan fingerprint density at radius 3 is 1.75 bits per heavy atom. The SMILES string of the molecule is O=S(=O)(O)CCO.[Zn]. The van der Waals surface area contributed by atoms with Gasteiger partial charge < -0.3 is 5.11 Å². The Morgan fingerprint density at radius 1 is 1.38 bits per heavy atom. The van der Waals surface area contributed by atoms with Crippen molar-refractivity contribution in [1.29, 1.82) is 0 Å². The number of hydrogen-bond acceptors (Lipinski definition) is 3. The minimum atomic E-state index is -3.92. The minimum Gasteiger partial charge on any atom is -0.395 e. The molecule has 0 heterocycles. The van der Waals surface area contributed by atoms with Crippen LogP contribution in [0.15, 0.2) is 0 Å². The van der Waals surface area contributed by atoms with Crippen LogP contribution in [0.3, 0.4) is 0 Å². The molecule has 0 aromatic rings. The van der Waals surface area contributed by atoms with Gasteiger partial charge in [-0.2, -0.15) is 8.42 Å². The van der Waals surface area contributed by atoms with Crippen LogP contribution in [-0.2, 0) is 29.6 Å². The summed E-state index contributed by atoms with van der Waals surface area (Å²) in [4.78, 5) is 0. The smallest absolute Gasteiger partial charge is 0.267 e. The van der Waals surface area contributed by atoms with E-state index in [4.69, 9.17) is 9.66 Å². The molecule has 0 aliphatic rings. The van der Waals surface area contributed by atoms with Crippen molar-refractivity contribution in [3.8, 4) is 0 Å². The Morgan fingerprint density at radius 2 is 1.75 bits per heavy atom. The van der Waals surface area contributed by atoms with Gasteiger partial charge in [0.25, 0.3) is 10.1 Å². The fraction of sp³-hybridized carbons (Fsp3) is 1.00. The van der Waals surface area contributed by atoms with Crippen molar-refractivity contribution < 1.29 is 37.6 Å². The normalized spacial score (nSPS) is 10.2. The monoisotopic (exact) mass is 190 g/mol. The maximum Gasteiger partial charge on any atom is 0.267 e. The van der Waals surface area contributed by atoms with E-state index in [2.05, 4.69) is 0 Å². The number of aliphatic hydroxyl groups excluding tert-OH is 1. The molecule has 0 atom stereocenters. The summed E-state index contributed by atoms with van der Waals surface area (Å²) in [6, 6.07) is 0. The second kappa shape index (κ2) is 4.38. The zero-order chi connectivity index (χ0) is 5.91. The first-order valence-corrected chi connectivity index (χ1v) is 3.23. The van der Waals surface area contributed by atoms with Gasteiger partial charge in [-0.1, -0.05) is 0 Å². The van der Waals surface area contributed by atoms with Crippen LogP contribution in [0.4, 0.5) is 0 Å². The predicted octanol–water partition coefficient (Wildman–Crippen LogP) is -1.14. The predicted molar refractivity (Wildman–Crippen MR) is 23.5 cm³/mol. The summed E-state index contributed by atoms with van der Waals surface area (Å²) in [6.45, 7) is -0.529. The summed E-state index contributed by atoms with van der Waals surface area (Å²) < 4.78 is 27.1. The molecular weight excluding hydrogens is 185 g/mol. The number of rotatable bonds is 2. The van der Waals surface area contributed by atoms with Crippen molar-refractivity contribution >= 4 is 10.1 Å². The molecule has 0 saturated carbocycles. The average molecular weight is 192 g/mol. The Balaban J connectivity index is 0. The molecule has 0 amide bonds. The van der Waals surface area contributed by atoms with Gasteiger partial charge in [-0.25, -0.2) is 0 Å². The van der Waals surface area contributed by atoms with Crippen molar-refractivity contribution in [2.45, 2.75) is 0 Å².